The van der Waals surface area contributed by atoms with Crippen molar-refractivity contribution in [1.29, 1.82) is 0 Å². The lowest BCUT2D eigenvalue weighted by Crippen LogP contribution is -2.56. The second kappa shape index (κ2) is 5.04. The van der Waals surface area contributed by atoms with Gasteiger partial charge in [0.25, 0.3) is 5.91 Å². The van der Waals surface area contributed by atoms with Crippen LogP contribution in [0.3, 0.4) is 0 Å². The van der Waals surface area contributed by atoms with E-state index < -0.39 is 11.9 Å². The summed E-state index contributed by atoms with van der Waals surface area (Å²) in [6, 6.07) is -0.496. The third kappa shape index (κ3) is 2.50. The van der Waals surface area contributed by atoms with Crippen molar-refractivity contribution in [3.63, 3.8) is 0 Å². The van der Waals surface area contributed by atoms with Crippen molar-refractivity contribution in [2.24, 2.45) is 5.84 Å². The highest BCUT2D eigenvalue weighted by molar-refractivity contribution is 5.97. The Morgan fingerprint density at radius 3 is 2.86 bits per heavy atom. The molecule has 0 aliphatic carbocycles. The molecule has 14 heavy (non-hydrogen) atoms. The number of nitrogens with two attached hydrogens (primary N) is 1. The van der Waals surface area contributed by atoms with Crippen LogP contribution in [0.2, 0.25) is 0 Å². The molecule has 0 aromatic heterocycles. The molecule has 1 unspecified atom stereocenters. The molecule has 6 nitrogen and oxygen atoms in total. The van der Waals surface area contributed by atoms with E-state index in [-0.39, 0.29) is 18.9 Å². The maximum atomic E-state index is 11.5. The summed E-state index contributed by atoms with van der Waals surface area (Å²) in [6.45, 7) is 3.10. The molecule has 0 radical (unpaired) electrons. The lowest BCUT2D eigenvalue weighted by Gasteiger charge is -2.25. The first kappa shape index (κ1) is 11.1. The first-order valence-electron chi connectivity index (χ1n) is 4.59. The molecule has 0 saturated carbocycles. The average Bonchev–Trinajstić information content (AvgIpc) is 2.27. The fourth-order valence-corrected chi connectivity index (χ4v) is 1.19. The highest BCUT2D eigenvalue weighted by Crippen LogP contribution is 1.98. The van der Waals surface area contributed by atoms with Crippen LogP contribution >= 0.6 is 0 Å². The van der Waals surface area contributed by atoms with Gasteiger partial charge in [0.05, 0.1) is 13.2 Å². The molecule has 0 spiro atoms. The number of imide groups is 1. The van der Waals surface area contributed by atoms with Crippen molar-refractivity contribution in [3.8, 4) is 0 Å². The predicted molar refractivity (Wildman–Crippen MR) is 48.9 cm³/mol. The smallest absolute Gasteiger partial charge is 0.263 e. The Labute approximate surface area is 82.3 Å². The number of nitrogens with one attached hydrogen (secondary N) is 1. The van der Waals surface area contributed by atoms with Crippen LogP contribution in [0.25, 0.3) is 0 Å². The number of carbonyl (C=O) groups is 2. The number of ether oxygens (including phenoxy) is 1. The van der Waals surface area contributed by atoms with Gasteiger partial charge in [-0.3, -0.25) is 9.59 Å². The summed E-state index contributed by atoms with van der Waals surface area (Å²) >= 11 is 0. The van der Waals surface area contributed by atoms with Crippen LogP contribution in [-0.4, -0.2) is 42.6 Å². The van der Waals surface area contributed by atoms with Gasteiger partial charge in [0.2, 0.25) is 5.91 Å². The monoisotopic (exact) mass is 201 g/mol. The molecule has 2 amide bonds. The van der Waals surface area contributed by atoms with E-state index in [2.05, 4.69) is 5.32 Å². The molecule has 6 heteroatoms. The minimum absolute atomic E-state index is 0.218. The summed E-state index contributed by atoms with van der Waals surface area (Å²) in [5.74, 6) is 4.52. The molecule has 0 bridgehead atoms. The van der Waals surface area contributed by atoms with E-state index in [9.17, 15) is 9.59 Å². The van der Waals surface area contributed by atoms with Crippen LogP contribution in [0, 0.1) is 0 Å². The van der Waals surface area contributed by atoms with Gasteiger partial charge in [0, 0.05) is 13.0 Å². The Morgan fingerprint density at radius 1 is 1.64 bits per heavy atom. The Bertz CT molecular complexity index is 226. The summed E-state index contributed by atoms with van der Waals surface area (Å²) in [6.07, 6.45) is 0.218. The highest BCUT2D eigenvalue weighted by Gasteiger charge is 2.27. The molecule has 1 aliphatic heterocycles. The number of rotatable bonds is 2. The first-order valence-corrected chi connectivity index (χ1v) is 4.59. The number of hydrazine groups is 1. The Kier molecular flexibility index (Phi) is 3.99. The van der Waals surface area contributed by atoms with Gasteiger partial charge in [-0.15, -0.1) is 0 Å². The van der Waals surface area contributed by atoms with E-state index in [0.717, 1.165) is 0 Å². The zero-order chi connectivity index (χ0) is 10.6. The van der Waals surface area contributed by atoms with Gasteiger partial charge in [-0.2, -0.15) is 0 Å². The average molecular weight is 201 g/mol. The largest absolute Gasteiger partial charge is 0.378 e. The van der Waals surface area contributed by atoms with E-state index in [1.165, 1.54) is 0 Å². The number of carbonyl (C=O) groups excluding carboxylic acids is 2. The van der Waals surface area contributed by atoms with Crippen molar-refractivity contribution >= 4 is 11.8 Å². The van der Waals surface area contributed by atoms with Gasteiger partial charge >= 0.3 is 0 Å². The summed E-state index contributed by atoms with van der Waals surface area (Å²) < 4.78 is 5.09. The third-order valence-electron chi connectivity index (χ3n) is 2.03. The topological polar surface area (TPSA) is 84.7 Å². The normalized spacial score (nSPS) is 21.7. The third-order valence-corrected chi connectivity index (χ3v) is 2.03. The molecule has 1 aliphatic rings. The van der Waals surface area contributed by atoms with Crippen LogP contribution in [0.5, 0.6) is 0 Å². The Hall–Kier alpha value is -0.980. The SMILES string of the molecule is CCC(=O)N(N)C(=O)C1COCCN1. The second-order valence-electron chi connectivity index (χ2n) is 3.04. The molecule has 0 aromatic carbocycles. The molecule has 1 saturated heterocycles. The van der Waals surface area contributed by atoms with E-state index in [4.69, 9.17) is 10.6 Å². The Balaban J connectivity index is 2.50. The lowest BCUT2D eigenvalue weighted by atomic mass is 10.2. The van der Waals surface area contributed by atoms with Crippen LogP contribution in [-0.2, 0) is 14.3 Å². The molecule has 1 fully saturated rings. The molecular weight excluding hydrogens is 186 g/mol. The zero-order valence-corrected chi connectivity index (χ0v) is 8.16. The predicted octanol–water partition coefficient (Wildman–Crippen LogP) is -1.39. The fourth-order valence-electron chi connectivity index (χ4n) is 1.19. The fraction of sp³-hybridized carbons (Fsp3) is 0.750. The number of hydrogen-bond acceptors (Lipinski definition) is 5. The molecule has 80 valence electrons. The van der Waals surface area contributed by atoms with E-state index in [1.807, 2.05) is 0 Å². The molecule has 1 rings (SSSR count). The lowest BCUT2D eigenvalue weighted by molar-refractivity contribution is -0.148. The van der Waals surface area contributed by atoms with Gasteiger partial charge in [-0.05, 0) is 0 Å². The highest BCUT2D eigenvalue weighted by atomic mass is 16.5. The van der Waals surface area contributed by atoms with Gasteiger partial charge in [0.1, 0.15) is 6.04 Å². The standard InChI is InChI=1S/C8H15N3O3/c1-2-7(12)11(9)8(13)6-5-14-4-3-10-6/h6,10H,2-5,9H2,1H3. The molecule has 1 heterocycles. The number of morpholine rings is 1. The van der Waals surface area contributed by atoms with Crippen molar-refractivity contribution in [2.75, 3.05) is 19.8 Å². The summed E-state index contributed by atoms with van der Waals surface area (Å²) in [7, 11) is 0. The van der Waals surface area contributed by atoms with E-state index >= 15 is 0 Å². The minimum Gasteiger partial charge on any atom is -0.378 e. The van der Waals surface area contributed by atoms with Gasteiger partial charge in [-0.1, -0.05) is 6.92 Å². The van der Waals surface area contributed by atoms with Crippen LogP contribution in [0.1, 0.15) is 13.3 Å². The van der Waals surface area contributed by atoms with E-state index in [0.29, 0.717) is 18.2 Å². The summed E-state index contributed by atoms with van der Waals surface area (Å²) in [5.41, 5.74) is 0. The van der Waals surface area contributed by atoms with Gasteiger partial charge in [-0.25, -0.2) is 10.9 Å². The molecule has 1 atom stereocenters. The number of hydrogen-bond donors (Lipinski definition) is 2. The van der Waals surface area contributed by atoms with Gasteiger partial charge in [0.15, 0.2) is 0 Å². The van der Waals surface area contributed by atoms with Crippen molar-refractivity contribution in [2.45, 2.75) is 19.4 Å². The number of nitrogens with zero attached hydrogens (tertiary/aromatic N) is 1. The van der Waals surface area contributed by atoms with Crippen LogP contribution in [0.15, 0.2) is 0 Å². The van der Waals surface area contributed by atoms with Crippen LogP contribution in [0.4, 0.5) is 0 Å². The molecule has 3 N–H and O–H groups in total. The molecular formula is C8H15N3O3. The zero-order valence-electron chi connectivity index (χ0n) is 8.16. The Morgan fingerprint density at radius 2 is 2.36 bits per heavy atom. The van der Waals surface area contributed by atoms with Crippen molar-refractivity contribution in [3.05, 3.63) is 0 Å². The summed E-state index contributed by atoms with van der Waals surface area (Å²) in [4.78, 5) is 22.6. The van der Waals surface area contributed by atoms with Crippen molar-refractivity contribution < 1.29 is 14.3 Å². The summed E-state index contributed by atoms with van der Waals surface area (Å²) in [5, 5.41) is 3.59. The van der Waals surface area contributed by atoms with Gasteiger partial charge < -0.3 is 10.1 Å². The second-order valence-corrected chi connectivity index (χ2v) is 3.04. The van der Waals surface area contributed by atoms with E-state index in [1.54, 1.807) is 6.92 Å². The van der Waals surface area contributed by atoms with Crippen LogP contribution < -0.4 is 11.2 Å². The molecule has 0 aromatic rings. The maximum Gasteiger partial charge on any atom is 0.263 e. The first-order chi connectivity index (χ1) is 6.66. The minimum atomic E-state index is -0.496. The van der Waals surface area contributed by atoms with Crippen molar-refractivity contribution in [1.82, 2.24) is 10.3 Å². The number of amides is 2. The quantitative estimate of drug-likeness (QED) is 0.326. The maximum absolute atomic E-state index is 11.5.